The number of nitrogens with one attached hydrogen (secondary N) is 1. The Kier molecular flexibility index (Phi) is 4.37. The number of hydrogen-bond donors (Lipinski definition) is 1. The second-order valence-corrected chi connectivity index (χ2v) is 8.79. The van der Waals surface area contributed by atoms with Gasteiger partial charge in [-0.1, -0.05) is 0 Å². The molecule has 0 aliphatic carbocycles. The summed E-state index contributed by atoms with van der Waals surface area (Å²) < 4.78 is 12.6. The van der Waals surface area contributed by atoms with Crippen molar-refractivity contribution < 1.29 is 9.05 Å². The second-order valence-electron chi connectivity index (χ2n) is 6.04. The number of hydrogen-bond acceptors (Lipinski definition) is 7. The SMILES string of the molecule is Cc1cc(-c2cncc(C#N)c2)sc1C1CS(=O)C2CCONC2=N1. The molecule has 1 fully saturated rings. The molecular weight excluding hydrogens is 356 g/mol. The number of amidine groups is 1. The fraction of sp³-hybridized carbons (Fsp3) is 0.353. The molecule has 2 aromatic heterocycles. The van der Waals surface area contributed by atoms with Crippen LogP contribution in [0.3, 0.4) is 0 Å². The van der Waals surface area contributed by atoms with Crippen LogP contribution in [0.1, 0.15) is 28.5 Å². The summed E-state index contributed by atoms with van der Waals surface area (Å²) in [5, 5.41) is 9.01. The van der Waals surface area contributed by atoms with Crippen LogP contribution < -0.4 is 5.48 Å². The van der Waals surface area contributed by atoms with Crippen molar-refractivity contribution in [3.63, 3.8) is 0 Å². The number of nitriles is 1. The van der Waals surface area contributed by atoms with Crippen LogP contribution in [0.4, 0.5) is 0 Å². The first kappa shape index (κ1) is 16.4. The monoisotopic (exact) mass is 372 g/mol. The van der Waals surface area contributed by atoms with Crippen molar-refractivity contribution in [1.82, 2.24) is 10.5 Å². The van der Waals surface area contributed by atoms with E-state index < -0.39 is 10.8 Å². The zero-order valence-electron chi connectivity index (χ0n) is 13.6. The third-order valence-corrected chi connectivity index (χ3v) is 7.43. The van der Waals surface area contributed by atoms with Gasteiger partial charge >= 0.3 is 0 Å². The van der Waals surface area contributed by atoms with Crippen molar-refractivity contribution in [2.45, 2.75) is 24.6 Å². The zero-order chi connectivity index (χ0) is 17.4. The summed E-state index contributed by atoms with van der Waals surface area (Å²) in [5.74, 6) is 1.23. The predicted molar refractivity (Wildman–Crippen MR) is 97.7 cm³/mol. The first-order valence-corrected chi connectivity index (χ1v) is 10.1. The van der Waals surface area contributed by atoms with Gasteiger partial charge in [-0.15, -0.1) is 11.3 Å². The predicted octanol–water partition coefficient (Wildman–Crippen LogP) is 2.49. The molecule has 1 saturated heterocycles. The van der Waals surface area contributed by atoms with Crippen LogP contribution in [0.15, 0.2) is 29.5 Å². The molecule has 0 bridgehead atoms. The van der Waals surface area contributed by atoms with E-state index in [2.05, 4.69) is 22.6 Å². The Bertz CT molecular complexity index is 916. The van der Waals surface area contributed by atoms with Gasteiger partial charge < -0.3 is 0 Å². The van der Waals surface area contributed by atoms with E-state index in [-0.39, 0.29) is 11.3 Å². The number of nitrogens with zero attached hydrogens (tertiary/aromatic N) is 3. The van der Waals surface area contributed by atoms with Gasteiger partial charge in [0.1, 0.15) is 11.9 Å². The molecule has 0 radical (unpaired) electrons. The Hall–Kier alpha value is -2.08. The Morgan fingerprint density at radius 1 is 1.44 bits per heavy atom. The minimum Gasteiger partial charge on any atom is -0.275 e. The molecule has 4 heterocycles. The minimum absolute atomic E-state index is 0.0405. The van der Waals surface area contributed by atoms with E-state index in [1.54, 1.807) is 23.7 Å². The van der Waals surface area contributed by atoms with Crippen molar-refractivity contribution in [3.8, 4) is 16.5 Å². The highest BCUT2D eigenvalue weighted by atomic mass is 32.2. The van der Waals surface area contributed by atoms with Crippen LogP contribution >= 0.6 is 11.3 Å². The molecule has 25 heavy (non-hydrogen) atoms. The molecule has 1 N–H and O–H groups in total. The van der Waals surface area contributed by atoms with Gasteiger partial charge in [0.25, 0.3) is 0 Å². The summed E-state index contributed by atoms with van der Waals surface area (Å²) in [6.45, 7) is 2.60. The highest BCUT2D eigenvalue weighted by Crippen LogP contribution is 2.38. The molecule has 128 valence electrons. The summed E-state index contributed by atoms with van der Waals surface area (Å²) in [4.78, 5) is 16.3. The average Bonchev–Trinajstić information content (AvgIpc) is 3.03. The lowest BCUT2D eigenvalue weighted by atomic mass is 10.1. The molecule has 0 aromatic carbocycles. The van der Waals surface area contributed by atoms with Gasteiger partial charge in [-0.3, -0.25) is 24.5 Å². The standard InChI is InChI=1S/C17H16N4O2S2/c1-10-4-14(12-5-11(6-18)7-19-8-12)24-16(10)13-9-25(22)15-2-3-23-21-17(15)20-13/h4-5,7-8,13,15H,2-3,9H2,1H3,(H,20,21). The maximum atomic E-state index is 12.6. The first-order valence-electron chi connectivity index (χ1n) is 7.94. The first-order chi connectivity index (χ1) is 12.2. The van der Waals surface area contributed by atoms with Crippen molar-refractivity contribution >= 4 is 28.0 Å². The van der Waals surface area contributed by atoms with Crippen LogP contribution in [0, 0.1) is 18.3 Å². The summed E-state index contributed by atoms with van der Waals surface area (Å²) in [5.41, 5.74) is 5.41. The third kappa shape index (κ3) is 3.11. The van der Waals surface area contributed by atoms with E-state index in [0.29, 0.717) is 23.8 Å². The number of thiophene rings is 1. The molecule has 0 amide bonds. The van der Waals surface area contributed by atoms with Gasteiger partial charge in [0, 0.05) is 38.5 Å². The van der Waals surface area contributed by atoms with Gasteiger partial charge in [0.2, 0.25) is 0 Å². The molecule has 2 aliphatic rings. The van der Waals surface area contributed by atoms with Crippen molar-refractivity contribution in [2.24, 2.45) is 4.99 Å². The number of aryl methyl sites for hydroxylation is 1. The number of hydroxylamine groups is 1. The third-order valence-electron chi connectivity index (χ3n) is 4.31. The van der Waals surface area contributed by atoms with E-state index in [1.165, 1.54) is 0 Å². The smallest absolute Gasteiger partial charge is 0.137 e. The van der Waals surface area contributed by atoms with Gasteiger partial charge in [-0.2, -0.15) is 5.26 Å². The summed E-state index contributed by atoms with van der Waals surface area (Å²) in [7, 11) is -0.958. The summed E-state index contributed by atoms with van der Waals surface area (Å²) in [6, 6.07) is 5.90. The molecule has 0 saturated carbocycles. The molecule has 3 unspecified atom stereocenters. The lowest BCUT2D eigenvalue weighted by molar-refractivity contribution is 0.0680. The van der Waals surface area contributed by atoms with E-state index in [0.717, 1.165) is 27.3 Å². The fourth-order valence-electron chi connectivity index (χ4n) is 3.08. The highest BCUT2D eigenvalue weighted by molar-refractivity contribution is 7.86. The van der Waals surface area contributed by atoms with Gasteiger partial charge in [0.15, 0.2) is 0 Å². The molecule has 2 aromatic rings. The van der Waals surface area contributed by atoms with Crippen molar-refractivity contribution in [1.29, 1.82) is 5.26 Å². The number of pyridine rings is 1. The lowest BCUT2D eigenvalue weighted by Crippen LogP contribution is -2.47. The normalized spacial score (nSPS) is 25.4. The molecule has 2 aliphatic heterocycles. The van der Waals surface area contributed by atoms with Gasteiger partial charge in [0.05, 0.1) is 29.2 Å². The Morgan fingerprint density at radius 2 is 2.32 bits per heavy atom. The Balaban J connectivity index is 1.69. The van der Waals surface area contributed by atoms with Crippen LogP contribution in [0.25, 0.3) is 10.4 Å². The topological polar surface area (TPSA) is 87.4 Å². The molecule has 3 atom stereocenters. The van der Waals surface area contributed by atoms with E-state index in [1.807, 2.05) is 13.0 Å². The average molecular weight is 372 g/mol. The molecule has 0 spiro atoms. The van der Waals surface area contributed by atoms with E-state index in [9.17, 15) is 4.21 Å². The fourth-order valence-corrected chi connectivity index (χ4v) is 5.88. The van der Waals surface area contributed by atoms with Crippen LogP contribution in [-0.4, -0.2) is 32.6 Å². The van der Waals surface area contributed by atoms with E-state index >= 15 is 0 Å². The second kappa shape index (κ2) is 6.67. The maximum absolute atomic E-state index is 12.6. The lowest BCUT2D eigenvalue weighted by Gasteiger charge is -2.30. The zero-order valence-corrected chi connectivity index (χ0v) is 15.2. The van der Waals surface area contributed by atoms with E-state index in [4.69, 9.17) is 15.1 Å². The molecule has 8 heteroatoms. The molecule has 4 rings (SSSR count). The van der Waals surface area contributed by atoms with Gasteiger partial charge in [-0.05, 0) is 31.0 Å². The minimum atomic E-state index is -0.958. The van der Waals surface area contributed by atoms with Crippen molar-refractivity contribution in [2.75, 3.05) is 12.4 Å². The van der Waals surface area contributed by atoms with Crippen molar-refractivity contribution in [3.05, 3.63) is 40.5 Å². The number of rotatable bonds is 2. The quantitative estimate of drug-likeness (QED) is 0.875. The number of fused-ring (bicyclic) bond motifs is 1. The van der Waals surface area contributed by atoms with Crippen LogP contribution in [-0.2, 0) is 15.6 Å². The van der Waals surface area contributed by atoms with Crippen LogP contribution in [0.2, 0.25) is 0 Å². The Labute approximate surface area is 152 Å². The molecule has 6 nitrogen and oxygen atoms in total. The highest BCUT2D eigenvalue weighted by Gasteiger charge is 2.35. The Morgan fingerprint density at radius 3 is 3.16 bits per heavy atom. The number of aromatic nitrogens is 1. The maximum Gasteiger partial charge on any atom is 0.137 e. The largest absolute Gasteiger partial charge is 0.275 e. The number of aliphatic imine (C=N–C) groups is 1. The van der Waals surface area contributed by atoms with Gasteiger partial charge in [-0.25, -0.2) is 0 Å². The summed E-state index contributed by atoms with van der Waals surface area (Å²) in [6.07, 6.45) is 4.05. The molecular formula is C17H16N4O2S2. The van der Waals surface area contributed by atoms with Crippen LogP contribution in [0.5, 0.6) is 0 Å². The summed E-state index contributed by atoms with van der Waals surface area (Å²) >= 11 is 1.62.